The first kappa shape index (κ1) is 24.8. The first-order chi connectivity index (χ1) is 16.8. The lowest BCUT2D eigenvalue weighted by Crippen LogP contribution is -2.40. The molecule has 0 radical (unpaired) electrons. The van der Waals surface area contributed by atoms with Gasteiger partial charge in [0.25, 0.3) is 15.9 Å². The standard InChI is InChI=1S/C26H26ClN3O4S/c1-18-15-20(27)11-14-25(18)30(35(32,33)22-8-4-3-5-9-22)17-26(31)29-28-24-10-6-7-19-16-21(34-2)12-13-23(19)24/h3-5,8-9,11-16H,6-7,10,17H2,1-2H3,(H,29,31)/b28-24-. The van der Waals surface area contributed by atoms with Crippen LogP contribution < -0.4 is 14.5 Å². The van der Waals surface area contributed by atoms with Gasteiger partial charge in [0, 0.05) is 10.6 Å². The number of carbonyl (C=O) groups excluding carboxylic acids is 1. The number of benzene rings is 3. The molecule has 182 valence electrons. The van der Waals surface area contributed by atoms with Gasteiger partial charge in [-0.2, -0.15) is 5.10 Å². The normalized spacial score (nSPS) is 14.3. The number of carbonyl (C=O) groups is 1. The maximum absolute atomic E-state index is 13.5. The Morgan fingerprint density at radius 1 is 1.09 bits per heavy atom. The van der Waals surface area contributed by atoms with Crippen molar-refractivity contribution in [3.05, 3.63) is 88.4 Å². The second-order valence-electron chi connectivity index (χ2n) is 8.23. The lowest BCUT2D eigenvalue weighted by molar-refractivity contribution is -0.119. The second-order valence-corrected chi connectivity index (χ2v) is 10.5. The van der Waals surface area contributed by atoms with Crippen LogP contribution in [-0.4, -0.2) is 33.7 Å². The summed E-state index contributed by atoms with van der Waals surface area (Å²) in [5.74, 6) is 0.223. The number of fused-ring (bicyclic) bond motifs is 1. The van der Waals surface area contributed by atoms with Gasteiger partial charge < -0.3 is 4.74 Å². The molecule has 9 heteroatoms. The van der Waals surface area contributed by atoms with Crippen molar-refractivity contribution < 1.29 is 17.9 Å². The monoisotopic (exact) mass is 511 g/mol. The summed E-state index contributed by atoms with van der Waals surface area (Å²) in [5, 5.41) is 4.83. The van der Waals surface area contributed by atoms with Crippen LogP contribution >= 0.6 is 11.6 Å². The Bertz CT molecular complexity index is 1370. The van der Waals surface area contributed by atoms with Crippen molar-refractivity contribution in [1.82, 2.24) is 5.43 Å². The fourth-order valence-electron chi connectivity index (χ4n) is 4.10. The molecule has 1 amide bonds. The number of anilines is 1. The predicted octanol–water partition coefficient (Wildman–Crippen LogP) is 4.71. The van der Waals surface area contributed by atoms with Crippen molar-refractivity contribution in [2.45, 2.75) is 31.1 Å². The van der Waals surface area contributed by atoms with Crippen molar-refractivity contribution in [2.75, 3.05) is 18.0 Å². The van der Waals surface area contributed by atoms with Crippen LogP contribution in [0.3, 0.4) is 0 Å². The molecule has 0 saturated carbocycles. The number of hydrogen-bond donors (Lipinski definition) is 1. The maximum Gasteiger partial charge on any atom is 0.264 e. The Balaban J connectivity index is 1.61. The van der Waals surface area contributed by atoms with E-state index in [1.165, 1.54) is 12.1 Å². The van der Waals surface area contributed by atoms with Gasteiger partial charge in [0.2, 0.25) is 0 Å². The Morgan fingerprint density at radius 3 is 2.57 bits per heavy atom. The Labute approximate surface area is 210 Å². The van der Waals surface area contributed by atoms with Crippen LogP contribution in [-0.2, 0) is 21.2 Å². The first-order valence-corrected chi connectivity index (χ1v) is 13.0. The number of aryl methyl sites for hydroxylation is 2. The summed E-state index contributed by atoms with van der Waals surface area (Å²) < 4.78 is 33.4. The Hall–Kier alpha value is -3.36. The fourth-order valence-corrected chi connectivity index (χ4v) is 5.83. The summed E-state index contributed by atoms with van der Waals surface area (Å²) in [4.78, 5) is 13.1. The highest BCUT2D eigenvalue weighted by atomic mass is 35.5. The lowest BCUT2D eigenvalue weighted by Gasteiger charge is -2.25. The van der Waals surface area contributed by atoms with Crippen LogP contribution in [0.15, 0.2) is 76.7 Å². The molecule has 0 atom stereocenters. The van der Waals surface area contributed by atoms with Crippen molar-refractivity contribution >= 4 is 38.9 Å². The molecule has 0 unspecified atom stereocenters. The molecule has 0 heterocycles. The van der Waals surface area contributed by atoms with E-state index in [4.69, 9.17) is 16.3 Å². The van der Waals surface area contributed by atoms with Crippen molar-refractivity contribution in [1.29, 1.82) is 0 Å². The Morgan fingerprint density at radius 2 is 1.86 bits per heavy atom. The van der Waals surface area contributed by atoms with E-state index >= 15 is 0 Å². The zero-order valence-corrected chi connectivity index (χ0v) is 21.1. The van der Waals surface area contributed by atoms with E-state index in [1.807, 2.05) is 18.2 Å². The number of hydrogen-bond acceptors (Lipinski definition) is 5. The lowest BCUT2D eigenvalue weighted by atomic mass is 9.90. The molecule has 1 aliphatic carbocycles. The molecule has 0 bridgehead atoms. The molecule has 7 nitrogen and oxygen atoms in total. The smallest absolute Gasteiger partial charge is 0.264 e. The van der Waals surface area contributed by atoms with E-state index < -0.39 is 22.5 Å². The minimum Gasteiger partial charge on any atom is -0.497 e. The quantitative estimate of drug-likeness (QED) is 0.465. The van der Waals surface area contributed by atoms with Gasteiger partial charge in [-0.3, -0.25) is 9.10 Å². The molecule has 1 aliphatic rings. The third-order valence-electron chi connectivity index (χ3n) is 5.84. The van der Waals surface area contributed by atoms with Crippen molar-refractivity contribution in [3.63, 3.8) is 0 Å². The van der Waals surface area contributed by atoms with E-state index in [-0.39, 0.29) is 4.90 Å². The first-order valence-electron chi connectivity index (χ1n) is 11.2. The third-order valence-corrected chi connectivity index (χ3v) is 7.85. The molecule has 0 aromatic heterocycles. The van der Waals surface area contributed by atoms with E-state index in [9.17, 15) is 13.2 Å². The average molecular weight is 512 g/mol. The number of methoxy groups -OCH3 is 1. The maximum atomic E-state index is 13.5. The van der Waals surface area contributed by atoms with Gasteiger partial charge in [-0.05, 0) is 85.8 Å². The molecular weight excluding hydrogens is 486 g/mol. The predicted molar refractivity (Wildman–Crippen MR) is 138 cm³/mol. The molecular formula is C26H26ClN3O4S. The van der Waals surface area contributed by atoms with Crippen molar-refractivity contribution in [2.24, 2.45) is 5.10 Å². The summed E-state index contributed by atoms with van der Waals surface area (Å²) in [5.41, 5.74) is 6.38. The van der Waals surface area contributed by atoms with Gasteiger partial charge in [-0.25, -0.2) is 13.8 Å². The van der Waals surface area contributed by atoms with E-state index in [0.29, 0.717) is 22.7 Å². The van der Waals surface area contributed by atoms with Gasteiger partial charge in [-0.15, -0.1) is 0 Å². The second kappa shape index (κ2) is 10.5. The third kappa shape index (κ3) is 5.49. The summed E-state index contributed by atoms with van der Waals surface area (Å²) in [7, 11) is -2.39. The number of sulfonamides is 1. The minimum atomic E-state index is -4.02. The highest BCUT2D eigenvalue weighted by Crippen LogP contribution is 2.29. The Kier molecular flexibility index (Phi) is 7.42. The van der Waals surface area contributed by atoms with Crippen molar-refractivity contribution in [3.8, 4) is 5.75 Å². The van der Waals surface area contributed by atoms with E-state index in [1.54, 1.807) is 50.4 Å². The molecule has 35 heavy (non-hydrogen) atoms. The van der Waals surface area contributed by atoms with E-state index in [2.05, 4.69) is 10.5 Å². The molecule has 4 rings (SSSR count). The number of nitrogens with one attached hydrogen (secondary N) is 1. The molecule has 3 aromatic carbocycles. The molecule has 0 fully saturated rings. The number of ether oxygens (including phenoxy) is 1. The van der Waals surface area contributed by atoms with Gasteiger partial charge >= 0.3 is 0 Å². The summed E-state index contributed by atoms with van der Waals surface area (Å²) >= 11 is 6.08. The number of halogens is 1. The van der Waals surface area contributed by atoms with Gasteiger partial charge in [0.05, 0.1) is 23.4 Å². The summed E-state index contributed by atoms with van der Waals surface area (Å²) in [6.07, 6.45) is 2.51. The largest absolute Gasteiger partial charge is 0.497 e. The highest BCUT2D eigenvalue weighted by molar-refractivity contribution is 7.92. The molecule has 3 aromatic rings. The average Bonchev–Trinajstić information content (AvgIpc) is 2.86. The summed E-state index contributed by atoms with van der Waals surface area (Å²) in [6.45, 7) is 1.31. The minimum absolute atomic E-state index is 0.0867. The van der Waals surface area contributed by atoms with Gasteiger partial charge in [0.1, 0.15) is 12.3 Å². The van der Waals surface area contributed by atoms with E-state index in [0.717, 1.165) is 39.7 Å². The molecule has 0 aliphatic heterocycles. The fraction of sp³-hybridized carbons (Fsp3) is 0.231. The zero-order chi connectivity index (χ0) is 25.0. The number of rotatable bonds is 7. The van der Waals surface area contributed by atoms with Crippen LogP contribution in [0, 0.1) is 6.92 Å². The van der Waals surface area contributed by atoms with Crippen LogP contribution in [0.5, 0.6) is 5.75 Å². The molecule has 1 N–H and O–H groups in total. The van der Waals surface area contributed by atoms with Crippen LogP contribution in [0.25, 0.3) is 0 Å². The van der Waals surface area contributed by atoms with Crippen LogP contribution in [0.1, 0.15) is 29.5 Å². The topological polar surface area (TPSA) is 88.1 Å². The number of nitrogens with zero attached hydrogens (tertiary/aromatic N) is 2. The molecule has 0 spiro atoms. The van der Waals surface area contributed by atoms with Gasteiger partial charge in [0.15, 0.2) is 0 Å². The number of amides is 1. The van der Waals surface area contributed by atoms with Gasteiger partial charge in [-0.1, -0.05) is 29.8 Å². The van der Waals surface area contributed by atoms with Crippen LogP contribution in [0.2, 0.25) is 5.02 Å². The summed E-state index contributed by atoms with van der Waals surface area (Å²) in [6, 6.07) is 18.6. The highest BCUT2D eigenvalue weighted by Gasteiger charge is 2.28. The molecule has 0 saturated heterocycles. The zero-order valence-electron chi connectivity index (χ0n) is 19.5. The SMILES string of the molecule is COc1ccc2c(c1)CCC/C2=N/NC(=O)CN(c1ccc(Cl)cc1C)S(=O)(=O)c1ccccc1. The number of hydrazone groups is 1. The van der Waals surface area contributed by atoms with Crippen LogP contribution in [0.4, 0.5) is 5.69 Å².